The Hall–Kier alpha value is -1.93. The third-order valence-corrected chi connectivity index (χ3v) is 5.31. The number of thioether (sulfide) groups is 1. The summed E-state index contributed by atoms with van der Waals surface area (Å²) in [5.74, 6) is 0.331. The predicted octanol–water partition coefficient (Wildman–Crippen LogP) is 2.88. The molecule has 1 aliphatic heterocycles. The van der Waals surface area contributed by atoms with Crippen LogP contribution in [0.15, 0.2) is 29.4 Å². The first kappa shape index (κ1) is 18.8. The van der Waals surface area contributed by atoms with Crippen LogP contribution < -0.4 is 5.32 Å². The Morgan fingerprint density at radius 1 is 1.42 bits per heavy atom. The average Bonchev–Trinajstić information content (AvgIpc) is 3.27. The van der Waals surface area contributed by atoms with Gasteiger partial charge in [0.1, 0.15) is 5.82 Å². The first-order valence-corrected chi connectivity index (χ1v) is 9.71. The van der Waals surface area contributed by atoms with Crippen molar-refractivity contribution in [3.05, 3.63) is 30.1 Å². The van der Waals surface area contributed by atoms with Gasteiger partial charge in [-0.1, -0.05) is 11.8 Å². The molecule has 1 aliphatic rings. The smallest absolute Gasteiger partial charge is 0.233 e. The summed E-state index contributed by atoms with van der Waals surface area (Å²) in [5, 5.41) is 11.8. The minimum atomic E-state index is -0.293. The molecule has 26 heavy (non-hydrogen) atoms. The Morgan fingerprint density at radius 3 is 2.85 bits per heavy atom. The predicted molar refractivity (Wildman–Crippen MR) is 98.4 cm³/mol. The molecule has 140 valence electrons. The Balaban J connectivity index is 1.88. The van der Waals surface area contributed by atoms with E-state index in [-0.39, 0.29) is 23.1 Å². The van der Waals surface area contributed by atoms with E-state index in [0.29, 0.717) is 24.1 Å². The molecule has 0 spiro atoms. The van der Waals surface area contributed by atoms with Gasteiger partial charge in [-0.25, -0.2) is 4.39 Å². The van der Waals surface area contributed by atoms with Crippen molar-refractivity contribution >= 4 is 17.7 Å². The Labute approximate surface area is 156 Å². The van der Waals surface area contributed by atoms with Crippen molar-refractivity contribution in [3.63, 3.8) is 0 Å². The van der Waals surface area contributed by atoms with Gasteiger partial charge in [0.2, 0.25) is 5.91 Å². The number of carbonyl (C=O) groups excluding carboxylic acids is 1. The van der Waals surface area contributed by atoms with E-state index in [1.165, 1.54) is 23.9 Å². The summed E-state index contributed by atoms with van der Waals surface area (Å²) in [4.78, 5) is 12.1. The van der Waals surface area contributed by atoms with E-state index in [4.69, 9.17) is 4.74 Å². The van der Waals surface area contributed by atoms with Gasteiger partial charge in [-0.2, -0.15) is 0 Å². The van der Waals surface area contributed by atoms with E-state index in [1.807, 2.05) is 18.4 Å². The number of nitrogens with zero attached hydrogens (tertiary/aromatic N) is 3. The molecule has 1 aromatic heterocycles. The maximum Gasteiger partial charge on any atom is 0.233 e. The van der Waals surface area contributed by atoms with Crippen molar-refractivity contribution in [1.82, 2.24) is 20.1 Å². The molecule has 2 atom stereocenters. The molecule has 0 radical (unpaired) electrons. The number of carbonyl (C=O) groups is 1. The van der Waals surface area contributed by atoms with Crippen LogP contribution in [0.4, 0.5) is 4.39 Å². The molecule has 0 bridgehead atoms. The Kier molecular flexibility index (Phi) is 6.26. The number of ether oxygens (including phenoxy) is 1. The van der Waals surface area contributed by atoms with Crippen LogP contribution in [0.3, 0.4) is 0 Å². The number of hydrogen-bond acceptors (Lipinski definition) is 5. The molecule has 0 aliphatic carbocycles. The van der Waals surface area contributed by atoms with Crippen LogP contribution in [-0.2, 0) is 16.1 Å². The minimum Gasteiger partial charge on any atom is -0.376 e. The molecule has 1 saturated heterocycles. The summed E-state index contributed by atoms with van der Waals surface area (Å²) in [7, 11) is 0. The summed E-state index contributed by atoms with van der Waals surface area (Å²) in [6.45, 7) is 5.70. The minimum absolute atomic E-state index is 0.0347. The van der Waals surface area contributed by atoms with Crippen molar-refractivity contribution in [2.75, 3.05) is 13.2 Å². The summed E-state index contributed by atoms with van der Waals surface area (Å²) < 4.78 is 21.0. The summed E-state index contributed by atoms with van der Waals surface area (Å²) >= 11 is 1.37. The first-order valence-electron chi connectivity index (χ1n) is 8.83. The van der Waals surface area contributed by atoms with E-state index in [9.17, 15) is 9.18 Å². The van der Waals surface area contributed by atoms with Crippen LogP contribution in [0.2, 0.25) is 0 Å². The molecule has 1 aromatic carbocycles. The van der Waals surface area contributed by atoms with Crippen LogP contribution in [0.1, 0.15) is 26.7 Å². The van der Waals surface area contributed by atoms with Crippen LogP contribution in [0.25, 0.3) is 11.4 Å². The maximum absolute atomic E-state index is 13.3. The van der Waals surface area contributed by atoms with Crippen molar-refractivity contribution in [3.8, 4) is 11.4 Å². The quantitative estimate of drug-likeness (QED) is 0.751. The number of amides is 1. The van der Waals surface area contributed by atoms with Gasteiger partial charge in [-0.15, -0.1) is 10.2 Å². The van der Waals surface area contributed by atoms with Gasteiger partial charge >= 0.3 is 0 Å². The molecular formula is C18H23FN4O2S. The lowest BCUT2D eigenvalue weighted by Crippen LogP contribution is -2.30. The number of rotatable bonds is 7. The number of halogens is 1. The molecule has 6 nitrogen and oxygen atoms in total. The van der Waals surface area contributed by atoms with E-state index >= 15 is 0 Å². The lowest BCUT2D eigenvalue weighted by molar-refractivity contribution is -0.120. The maximum atomic E-state index is 13.3. The third kappa shape index (κ3) is 4.42. The second kappa shape index (κ2) is 8.64. The lowest BCUT2D eigenvalue weighted by Gasteiger charge is -2.16. The summed E-state index contributed by atoms with van der Waals surface area (Å²) in [6, 6.07) is 6.19. The highest BCUT2D eigenvalue weighted by Gasteiger charge is 2.24. The highest BCUT2D eigenvalue weighted by atomic mass is 32.2. The normalized spacial score (nSPS) is 18.0. The topological polar surface area (TPSA) is 69.0 Å². The Bertz CT molecular complexity index is 744. The largest absolute Gasteiger partial charge is 0.376 e. The molecule has 1 fully saturated rings. The van der Waals surface area contributed by atoms with Gasteiger partial charge < -0.3 is 10.1 Å². The van der Waals surface area contributed by atoms with Crippen molar-refractivity contribution in [2.45, 2.75) is 49.7 Å². The molecule has 3 rings (SSSR count). The van der Waals surface area contributed by atoms with Gasteiger partial charge in [0, 0.05) is 18.7 Å². The Morgan fingerprint density at radius 2 is 2.19 bits per heavy atom. The monoisotopic (exact) mass is 378 g/mol. The van der Waals surface area contributed by atoms with Crippen molar-refractivity contribution in [1.29, 1.82) is 0 Å². The number of benzene rings is 1. The molecular weight excluding hydrogens is 355 g/mol. The van der Waals surface area contributed by atoms with Gasteiger partial charge in [-0.05, 0) is 51.0 Å². The van der Waals surface area contributed by atoms with Crippen LogP contribution in [0, 0.1) is 5.82 Å². The molecule has 1 N–H and O–H groups in total. The van der Waals surface area contributed by atoms with Gasteiger partial charge in [-0.3, -0.25) is 9.36 Å². The second-order valence-corrected chi connectivity index (χ2v) is 7.52. The molecule has 2 heterocycles. The molecule has 2 aromatic rings. The second-order valence-electron chi connectivity index (χ2n) is 6.21. The number of hydrogen-bond donors (Lipinski definition) is 1. The summed E-state index contributed by atoms with van der Waals surface area (Å²) in [6.07, 6.45) is 2.12. The van der Waals surface area contributed by atoms with Gasteiger partial charge in [0.25, 0.3) is 0 Å². The SMILES string of the molecule is CCNC(=O)[C@H](C)Sc1nnc(-c2ccc(F)cc2)n1C[C@@H]1CCCO1. The highest BCUT2D eigenvalue weighted by molar-refractivity contribution is 8.00. The number of aromatic nitrogens is 3. The first-order chi connectivity index (χ1) is 12.6. The standard InChI is InChI=1S/C18H23FN4O2S/c1-3-20-17(24)12(2)26-18-22-21-16(13-6-8-14(19)9-7-13)23(18)11-15-5-4-10-25-15/h6-9,12,15H,3-5,10-11H2,1-2H3,(H,20,24)/t12-,15-/m0/s1. The highest BCUT2D eigenvalue weighted by Crippen LogP contribution is 2.29. The molecule has 1 amide bonds. The number of nitrogens with one attached hydrogen (secondary N) is 1. The van der Waals surface area contributed by atoms with E-state index in [2.05, 4.69) is 15.5 Å². The van der Waals surface area contributed by atoms with E-state index in [0.717, 1.165) is 25.0 Å². The van der Waals surface area contributed by atoms with Gasteiger partial charge in [0.05, 0.1) is 17.9 Å². The van der Waals surface area contributed by atoms with E-state index in [1.54, 1.807) is 12.1 Å². The zero-order valence-corrected chi connectivity index (χ0v) is 15.8. The zero-order chi connectivity index (χ0) is 18.5. The molecule has 0 unspecified atom stereocenters. The zero-order valence-electron chi connectivity index (χ0n) is 14.9. The van der Waals surface area contributed by atoms with E-state index < -0.39 is 0 Å². The fraction of sp³-hybridized carbons (Fsp3) is 0.500. The van der Waals surface area contributed by atoms with Crippen LogP contribution in [0.5, 0.6) is 0 Å². The van der Waals surface area contributed by atoms with Crippen molar-refractivity contribution in [2.24, 2.45) is 0 Å². The lowest BCUT2D eigenvalue weighted by atomic mass is 10.2. The molecule has 8 heteroatoms. The van der Waals surface area contributed by atoms with Crippen molar-refractivity contribution < 1.29 is 13.9 Å². The summed E-state index contributed by atoms with van der Waals surface area (Å²) in [5.41, 5.74) is 0.786. The fourth-order valence-electron chi connectivity index (χ4n) is 2.87. The molecule has 0 saturated carbocycles. The average molecular weight is 378 g/mol. The third-order valence-electron chi connectivity index (χ3n) is 4.23. The van der Waals surface area contributed by atoms with Crippen LogP contribution in [-0.4, -0.2) is 45.2 Å². The fourth-order valence-corrected chi connectivity index (χ4v) is 3.76. The van der Waals surface area contributed by atoms with Crippen LogP contribution >= 0.6 is 11.8 Å². The van der Waals surface area contributed by atoms with Gasteiger partial charge in [0.15, 0.2) is 11.0 Å².